The van der Waals surface area contributed by atoms with Gasteiger partial charge in [0, 0.05) is 5.69 Å². The maximum absolute atomic E-state index is 10.8. The van der Waals surface area contributed by atoms with Gasteiger partial charge in [0.1, 0.15) is 5.15 Å². The molecular weight excluding hydrogens is 202 g/mol. The fraction of sp³-hybridized carbons (Fsp3) is 0.400. The first kappa shape index (κ1) is 9.46. The average molecular weight is 212 g/mol. The lowest BCUT2D eigenvalue weighted by atomic mass is 10.0. The van der Waals surface area contributed by atoms with E-state index in [1.165, 1.54) is 0 Å². The summed E-state index contributed by atoms with van der Waals surface area (Å²) in [6.45, 7) is 2.08. The van der Waals surface area contributed by atoms with Crippen LogP contribution in [0.2, 0.25) is 5.15 Å². The molecule has 1 aliphatic rings. The van der Waals surface area contributed by atoms with Crippen LogP contribution in [0.5, 0.6) is 0 Å². The summed E-state index contributed by atoms with van der Waals surface area (Å²) >= 11 is 5.76. The van der Waals surface area contributed by atoms with E-state index in [0.717, 1.165) is 24.1 Å². The monoisotopic (exact) mass is 211 g/mol. The van der Waals surface area contributed by atoms with Crippen molar-refractivity contribution >= 4 is 17.6 Å². The van der Waals surface area contributed by atoms with Crippen molar-refractivity contribution in [2.45, 2.75) is 25.7 Å². The maximum Gasteiger partial charge on any atom is 0.338 e. The number of aryl methyl sites for hydroxylation is 1. The van der Waals surface area contributed by atoms with Crippen molar-refractivity contribution in [2.24, 2.45) is 0 Å². The number of aromatic carboxylic acids is 1. The van der Waals surface area contributed by atoms with Gasteiger partial charge in [-0.15, -0.1) is 0 Å². The zero-order valence-electron chi connectivity index (χ0n) is 7.75. The predicted molar refractivity (Wildman–Crippen MR) is 52.9 cm³/mol. The summed E-state index contributed by atoms with van der Waals surface area (Å²) in [6.07, 6.45) is 1.93. The number of halogens is 1. The molecule has 14 heavy (non-hydrogen) atoms. The van der Waals surface area contributed by atoms with Crippen molar-refractivity contribution in [1.82, 2.24) is 4.98 Å². The molecule has 0 radical (unpaired) electrons. The molecule has 0 amide bonds. The first-order chi connectivity index (χ1) is 6.59. The second-order valence-corrected chi connectivity index (χ2v) is 3.97. The third-order valence-electron chi connectivity index (χ3n) is 2.66. The van der Waals surface area contributed by atoms with E-state index < -0.39 is 5.97 Å². The van der Waals surface area contributed by atoms with Gasteiger partial charge in [-0.05, 0) is 30.4 Å². The normalized spacial score (nSPS) is 19.4. The fourth-order valence-electron chi connectivity index (χ4n) is 1.83. The third kappa shape index (κ3) is 1.38. The number of carboxylic acids is 1. The molecule has 1 aromatic rings. The molecule has 0 aromatic carbocycles. The summed E-state index contributed by atoms with van der Waals surface area (Å²) < 4.78 is 0. The van der Waals surface area contributed by atoms with E-state index in [1.807, 2.05) is 0 Å². The van der Waals surface area contributed by atoms with E-state index in [-0.39, 0.29) is 10.7 Å². The number of hydrogen-bond acceptors (Lipinski definition) is 2. The molecular formula is C10H10ClNO2. The Morgan fingerprint density at radius 3 is 3.07 bits per heavy atom. The van der Waals surface area contributed by atoms with Crippen LogP contribution in [0.3, 0.4) is 0 Å². The number of nitrogens with zero attached hydrogens (tertiary/aromatic N) is 1. The largest absolute Gasteiger partial charge is 0.478 e. The number of aromatic nitrogens is 1. The molecule has 0 unspecified atom stereocenters. The standard InChI is InChI=1S/C10H10ClNO2/c1-5-2-3-8-6(5)4-7(10(13)14)9(11)12-8/h4-5H,2-3H2,1H3,(H,13,14)/t5-/m1/s1. The number of carbonyl (C=O) groups is 1. The molecule has 0 saturated heterocycles. The van der Waals surface area contributed by atoms with Gasteiger partial charge in [-0.2, -0.15) is 0 Å². The Hall–Kier alpha value is -1.09. The Balaban J connectivity index is 2.57. The van der Waals surface area contributed by atoms with Gasteiger partial charge in [-0.3, -0.25) is 0 Å². The van der Waals surface area contributed by atoms with Crippen LogP contribution in [0.15, 0.2) is 6.07 Å². The van der Waals surface area contributed by atoms with Crippen molar-refractivity contribution in [3.8, 4) is 0 Å². The van der Waals surface area contributed by atoms with E-state index in [1.54, 1.807) is 6.07 Å². The minimum absolute atomic E-state index is 0.102. The van der Waals surface area contributed by atoms with Crippen molar-refractivity contribution in [3.63, 3.8) is 0 Å². The molecule has 4 heteroatoms. The highest BCUT2D eigenvalue weighted by Crippen LogP contribution is 2.33. The first-order valence-corrected chi connectivity index (χ1v) is 4.90. The average Bonchev–Trinajstić information content (AvgIpc) is 2.46. The zero-order chi connectivity index (χ0) is 10.3. The molecule has 1 atom stereocenters. The molecule has 0 saturated carbocycles. The highest BCUT2D eigenvalue weighted by atomic mass is 35.5. The zero-order valence-corrected chi connectivity index (χ0v) is 8.51. The predicted octanol–water partition coefficient (Wildman–Crippen LogP) is 2.48. The number of carboxylic acid groups (broad SMARTS) is 1. The van der Waals surface area contributed by atoms with Gasteiger partial charge in [0.15, 0.2) is 0 Å². The molecule has 2 rings (SSSR count). The van der Waals surface area contributed by atoms with Gasteiger partial charge in [-0.25, -0.2) is 9.78 Å². The molecule has 1 heterocycles. The molecule has 0 bridgehead atoms. The Bertz CT molecular complexity index is 403. The highest BCUT2D eigenvalue weighted by Gasteiger charge is 2.23. The van der Waals surface area contributed by atoms with E-state index in [9.17, 15) is 4.79 Å². The van der Waals surface area contributed by atoms with Crippen LogP contribution in [-0.4, -0.2) is 16.1 Å². The smallest absolute Gasteiger partial charge is 0.338 e. The number of pyridine rings is 1. The van der Waals surface area contributed by atoms with Crippen LogP contribution in [0, 0.1) is 0 Å². The van der Waals surface area contributed by atoms with Gasteiger partial charge in [-0.1, -0.05) is 18.5 Å². The summed E-state index contributed by atoms with van der Waals surface area (Å²) in [5.41, 5.74) is 2.10. The van der Waals surface area contributed by atoms with Gasteiger partial charge in [0.25, 0.3) is 0 Å². The Labute approximate surface area is 86.7 Å². The maximum atomic E-state index is 10.8. The summed E-state index contributed by atoms with van der Waals surface area (Å²) in [5, 5.41) is 8.96. The molecule has 0 aliphatic heterocycles. The molecule has 1 aromatic heterocycles. The Morgan fingerprint density at radius 2 is 2.43 bits per heavy atom. The summed E-state index contributed by atoms with van der Waals surface area (Å²) in [7, 11) is 0. The molecule has 1 N–H and O–H groups in total. The summed E-state index contributed by atoms with van der Waals surface area (Å²) in [6, 6.07) is 1.66. The van der Waals surface area contributed by atoms with E-state index in [0.29, 0.717) is 5.92 Å². The SMILES string of the molecule is C[C@@H]1CCc2nc(Cl)c(C(=O)O)cc21. The van der Waals surface area contributed by atoms with E-state index >= 15 is 0 Å². The third-order valence-corrected chi connectivity index (χ3v) is 2.95. The minimum Gasteiger partial charge on any atom is -0.478 e. The van der Waals surface area contributed by atoms with Crippen LogP contribution in [0.25, 0.3) is 0 Å². The van der Waals surface area contributed by atoms with Crippen molar-refractivity contribution in [2.75, 3.05) is 0 Å². The first-order valence-electron chi connectivity index (χ1n) is 4.52. The lowest BCUT2D eigenvalue weighted by molar-refractivity contribution is 0.0696. The lowest BCUT2D eigenvalue weighted by Gasteiger charge is -2.06. The van der Waals surface area contributed by atoms with Gasteiger partial charge < -0.3 is 5.11 Å². The number of hydrogen-bond donors (Lipinski definition) is 1. The van der Waals surface area contributed by atoms with Gasteiger partial charge in [0.2, 0.25) is 0 Å². The molecule has 3 nitrogen and oxygen atoms in total. The van der Waals surface area contributed by atoms with Crippen molar-refractivity contribution in [3.05, 3.63) is 28.0 Å². The van der Waals surface area contributed by atoms with Gasteiger partial charge >= 0.3 is 5.97 Å². The van der Waals surface area contributed by atoms with Crippen LogP contribution >= 0.6 is 11.6 Å². The molecule has 0 fully saturated rings. The van der Waals surface area contributed by atoms with Gasteiger partial charge in [0.05, 0.1) is 5.56 Å². The number of rotatable bonds is 1. The van der Waals surface area contributed by atoms with E-state index in [2.05, 4.69) is 11.9 Å². The van der Waals surface area contributed by atoms with Crippen LogP contribution in [0.4, 0.5) is 0 Å². The topological polar surface area (TPSA) is 50.2 Å². The second-order valence-electron chi connectivity index (χ2n) is 3.61. The fourth-order valence-corrected chi connectivity index (χ4v) is 2.06. The van der Waals surface area contributed by atoms with Crippen LogP contribution < -0.4 is 0 Å². The Morgan fingerprint density at radius 1 is 1.71 bits per heavy atom. The quantitative estimate of drug-likeness (QED) is 0.726. The van der Waals surface area contributed by atoms with Crippen molar-refractivity contribution in [1.29, 1.82) is 0 Å². The van der Waals surface area contributed by atoms with E-state index in [4.69, 9.17) is 16.7 Å². The molecule has 74 valence electrons. The van der Waals surface area contributed by atoms with Crippen molar-refractivity contribution < 1.29 is 9.90 Å². The molecule has 1 aliphatic carbocycles. The lowest BCUT2D eigenvalue weighted by Crippen LogP contribution is -2.02. The summed E-state index contributed by atoms with van der Waals surface area (Å²) in [5.74, 6) is -0.614. The van der Waals surface area contributed by atoms with Crippen LogP contribution in [0.1, 0.15) is 40.9 Å². The number of fused-ring (bicyclic) bond motifs is 1. The highest BCUT2D eigenvalue weighted by molar-refractivity contribution is 6.32. The Kier molecular flexibility index (Phi) is 2.19. The molecule has 0 spiro atoms. The second kappa shape index (κ2) is 3.24. The van der Waals surface area contributed by atoms with Crippen LogP contribution in [-0.2, 0) is 6.42 Å². The summed E-state index contributed by atoms with van der Waals surface area (Å²) in [4.78, 5) is 14.9. The minimum atomic E-state index is -1.01.